The van der Waals surface area contributed by atoms with Crippen molar-refractivity contribution in [2.45, 2.75) is 38.6 Å². The highest BCUT2D eigenvalue weighted by Crippen LogP contribution is 2.36. The first-order valence-corrected chi connectivity index (χ1v) is 7.03. The van der Waals surface area contributed by atoms with Gasteiger partial charge in [0.15, 0.2) is 17.4 Å². The Hall–Kier alpha value is -2.44. The lowest BCUT2D eigenvalue weighted by Crippen LogP contribution is -2.45. The number of hydrogen-bond donors (Lipinski definition) is 3. The molecule has 0 spiro atoms. The number of Topliss-reactive ketones (excluding diaryl/α,β-unsaturated/α-hetero) is 1. The molecule has 2 aliphatic rings. The molecule has 21 heavy (non-hydrogen) atoms. The average molecular weight is 284 g/mol. The molecule has 3 heterocycles. The van der Waals surface area contributed by atoms with Crippen LogP contribution in [-0.2, 0) is 11.2 Å². The Morgan fingerprint density at radius 3 is 2.86 bits per heavy atom. The van der Waals surface area contributed by atoms with Crippen LogP contribution in [-0.4, -0.2) is 36.5 Å². The summed E-state index contributed by atoms with van der Waals surface area (Å²) in [6, 6.07) is 0. The maximum Gasteiger partial charge on any atom is 0.191 e. The minimum Gasteiger partial charge on any atom is -0.378 e. The normalized spacial score (nSPS) is 20.0. The zero-order chi connectivity index (χ0) is 14.6. The molecule has 0 radical (unpaired) electrons. The zero-order valence-corrected chi connectivity index (χ0v) is 11.9. The summed E-state index contributed by atoms with van der Waals surface area (Å²) in [5.41, 5.74) is 3.38. The topological polar surface area (TPSA) is 99.3 Å². The van der Waals surface area contributed by atoms with Crippen molar-refractivity contribution < 1.29 is 4.79 Å². The largest absolute Gasteiger partial charge is 0.378 e. The van der Waals surface area contributed by atoms with Crippen LogP contribution in [0.3, 0.4) is 0 Å². The molecule has 7 nitrogen and oxygen atoms in total. The first kappa shape index (κ1) is 12.3. The van der Waals surface area contributed by atoms with Crippen LogP contribution in [0.1, 0.15) is 38.1 Å². The lowest BCUT2D eigenvalue weighted by molar-refractivity contribution is -0.117. The fourth-order valence-electron chi connectivity index (χ4n) is 3.05. The van der Waals surface area contributed by atoms with Crippen molar-refractivity contribution in [3.63, 3.8) is 0 Å². The summed E-state index contributed by atoms with van der Waals surface area (Å²) in [5.74, 6) is 1.49. The third-order valence-corrected chi connectivity index (χ3v) is 3.98. The Balaban J connectivity index is 1.83. The van der Waals surface area contributed by atoms with E-state index in [1.165, 1.54) is 6.33 Å². The number of carbonyl (C=O) groups is 1. The van der Waals surface area contributed by atoms with E-state index in [9.17, 15) is 4.79 Å². The van der Waals surface area contributed by atoms with Gasteiger partial charge in [-0.2, -0.15) is 5.10 Å². The van der Waals surface area contributed by atoms with E-state index in [-0.39, 0.29) is 11.3 Å². The Morgan fingerprint density at radius 1 is 1.24 bits per heavy atom. The van der Waals surface area contributed by atoms with Crippen molar-refractivity contribution in [2.24, 2.45) is 0 Å². The molecule has 0 saturated heterocycles. The number of aromatic nitrogens is 5. The fraction of sp³-hybridized carbons (Fsp3) is 0.429. The summed E-state index contributed by atoms with van der Waals surface area (Å²) in [5, 5.41) is 10.1. The monoisotopic (exact) mass is 284 g/mol. The van der Waals surface area contributed by atoms with E-state index in [1.807, 2.05) is 13.8 Å². The molecule has 7 heteroatoms. The van der Waals surface area contributed by atoms with Crippen molar-refractivity contribution >= 4 is 11.5 Å². The Labute approximate surface area is 121 Å². The predicted octanol–water partition coefficient (Wildman–Crippen LogP) is 1.19. The quantitative estimate of drug-likeness (QED) is 0.730. The number of aromatic amines is 2. The van der Waals surface area contributed by atoms with Gasteiger partial charge in [0.25, 0.3) is 0 Å². The van der Waals surface area contributed by atoms with Crippen LogP contribution >= 0.6 is 0 Å². The summed E-state index contributed by atoms with van der Waals surface area (Å²) in [6.07, 6.45) is 3.53. The van der Waals surface area contributed by atoms with E-state index in [0.29, 0.717) is 18.1 Å². The molecular weight excluding hydrogens is 268 g/mol. The molecule has 2 aromatic heterocycles. The summed E-state index contributed by atoms with van der Waals surface area (Å²) in [7, 11) is 0. The molecule has 108 valence electrons. The predicted molar refractivity (Wildman–Crippen MR) is 76.0 cm³/mol. The first-order chi connectivity index (χ1) is 10.0. The van der Waals surface area contributed by atoms with Gasteiger partial charge in [-0.1, -0.05) is 0 Å². The lowest BCUT2D eigenvalue weighted by atomic mass is 9.83. The van der Waals surface area contributed by atoms with Gasteiger partial charge < -0.3 is 10.3 Å². The number of H-pyrrole nitrogens is 2. The van der Waals surface area contributed by atoms with E-state index in [4.69, 9.17) is 0 Å². The number of rotatable bonds is 1. The first-order valence-electron chi connectivity index (χ1n) is 7.03. The van der Waals surface area contributed by atoms with E-state index in [1.54, 1.807) is 0 Å². The van der Waals surface area contributed by atoms with Crippen molar-refractivity contribution in [3.8, 4) is 11.6 Å². The number of hydrogen-bond acceptors (Lipinski definition) is 5. The number of nitrogens with zero attached hydrogens (tertiary/aromatic N) is 3. The second kappa shape index (κ2) is 4.03. The molecule has 4 rings (SSSR count). The third-order valence-electron chi connectivity index (χ3n) is 3.98. The van der Waals surface area contributed by atoms with E-state index in [2.05, 4.69) is 30.5 Å². The zero-order valence-electron chi connectivity index (χ0n) is 11.9. The average Bonchev–Trinajstić information content (AvgIpc) is 3.06. The molecule has 0 saturated carbocycles. The van der Waals surface area contributed by atoms with E-state index < -0.39 is 0 Å². The minimum absolute atomic E-state index is 0.226. The van der Waals surface area contributed by atoms with Crippen LogP contribution in [0.15, 0.2) is 11.9 Å². The number of carbonyl (C=O) groups excluding carboxylic acids is 1. The second-order valence-corrected chi connectivity index (χ2v) is 6.21. The van der Waals surface area contributed by atoms with Gasteiger partial charge in [-0.3, -0.25) is 9.89 Å². The number of fused-ring (bicyclic) bond motifs is 2. The number of aryl methyl sites for hydroxylation is 1. The SMILES string of the molecule is CC1(C)CC(=O)C2=C(N1)c1nc(-c3ncn[nH]3)[nH]c1CC2. The summed E-state index contributed by atoms with van der Waals surface area (Å²) in [6.45, 7) is 4.07. The van der Waals surface area contributed by atoms with E-state index in [0.717, 1.165) is 35.5 Å². The number of imidazole rings is 1. The van der Waals surface area contributed by atoms with Crippen molar-refractivity contribution in [2.75, 3.05) is 0 Å². The van der Waals surface area contributed by atoms with Gasteiger partial charge in [-0.15, -0.1) is 0 Å². The maximum absolute atomic E-state index is 12.3. The molecule has 0 aromatic carbocycles. The van der Waals surface area contributed by atoms with Gasteiger partial charge in [-0.05, 0) is 26.7 Å². The molecule has 0 amide bonds. The highest BCUT2D eigenvalue weighted by molar-refractivity contribution is 6.05. The minimum atomic E-state index is -0.240. The van der Waals surface area contributed by atoms with Crippen molar-refractivity contribution in [1.82, 2.24) is 30.5 Å². The maximum atomic E-state index is 12.3. The fourth-order valence-corrected chi connectivity index (χ4v) is 3.05. The van der Waals surface area contributed by atoms with Crippen LogP contribution in [0.4, 0.5) is 0 Å². The second-order valence-electron chi connectivity index (χ2n) is 6.21. The molecule has 1 aliphatic carbocycles. The third kappa shape index (κ3) is 1.88. The van der Waals surface area contributed by atoms with Crippen LogP contribution in [0.5, 0.6) is 0 Å². The van der Waals surface area contributed by atoms with Crippen LogP contribution in [0.25, 0.3) is 17.3 Å². The summed E-state index contributed by atoms with van der Waals surface area (Å²) < 4.78 is 0. The molecule has 1 aliphatic heterocycles. The molecule has 2 aromatic rings. The number of ketones is 1. The van der Waals surface area contributed by atoms with E-state index >= 15 is 0 Å². The van der Waals surface area contributed by atoms with Crippen LogP contribution in [0, 0.1) is 0 Å². The highest BCUT2D eigenvalue weighted by Gasteiger charge is 2.36. The molecule has 0 fully saturated rings. The highest BCUT2D eigenvalue weighted by atomic mass is 16.1. The molecular formula is C14H16N6O. The molecule has 0 atom stereocenters. The Bertz CT molecular complexity index is 753. The van der Waals surface area contributed by atoms with Crippen LogP contribution in [0.2, 0.25) is 0 Å². The lowest BCUT2D eigenvalue weighted by Gasteiger charge is -2.36. The van der Waals surface area contributed by atoms with Crippen molar-refractivity contribution in [1.29, 1.82) is 0 Å². The molecule has 0 bridgehead atoms. The Morgan fingerprint density at radius 2 is 2.10 bits per heavy atom. The van der Waals surface area contributed by atoms with Gasteiger partial charge in [0, 0.05) is 23.2 Å². The van der Waals surface area contributed by atoms with Gasteiger partial charge in [0.1, 0.15) is 12.0 Å². The van der Waals surface area contributed by atoms with Gasteiger partial charge in [0.05, 0.1) is 5.70 Å². The van der Waals surface area contributed by atoms with Crippen molar-refractivity contribution in [3.05, 3.63) is 23.3 Å². The van der Waals surface area contributed by atoms with Crippen LogP contribution < -0.4 is 5.32 Å². The summed E-state index contributed by atoms with van der Waals surface area (Å²) in [4.78, 5) is 24.3. The summed E-state index contributed by atoms with van der Waals surface area (Å²) >= 11 is 0. The smallest absolute Gasteiger partial charge is 0.191 e. The molecule has 3 N–H and O–H groups in total. The number of allylic oxidation sites excluding steroid dienone is 1. The van der Waals surface area contributed by atoms with Gasteiger partial charge >= 0.3 is 0 Å². The number of nitrogens with one attached hydrogen (secondary N) is 3. The Kier molecular flexibility index (Phi) is 2.36. The molecule has 0 unspecified atom stereocenters. The van der Waals surface area contributed by atoms with Gasteiger partial charge in [-0.25, -0.2) is 9.97 Å². The standard InChI is InChI=1S/C14H16N6O/c1-14(2)5-9(21)7-3-4-8-11(10(7)19-14)18-13(17-8)12-15-6-16-20-12/h6,19H,3-5H2,1-2H3,(H,17,18)(H,15,16,20). The van der Waals surface area contributed by atoms with Gasteiger partial charge in [0.2, 0.25) is 0 Å².